The second-order valence-electron chi connectivity index (χ2n) is 14.4. The fraction of sp³-hybridized carbons (Fsp3) is 0.688. The molecule has 0 aromatic heterocycles. The van der Waals surface area contributed by atoms with Gasteiger partial charge in [-0.05, 0) is 82.4 Å². The largest absolute Gasteiger partial charge is 0.505 e. The zero-order valence-electron chi connectivity index (χ0n) is 25.1. The summed E-state index contributed by atoms with van der Waals surface area (Å²) in [6, 6.07) is 0. The summed E-state index contributed by atoms with van der Waals surface area (Å²) >= 11 is 0. The van der Waals surface area contributed by atoms with Gasteiger partial charge in [0.2, 0.25) is 5.78 Å². The average molecular weight is 557 g/mol. The Hall–Kier alpha value is -2.58. The van der Waals surface area contributed by atoms with Crippen LogP contribution >= 0.6 is 0 Å². The van der Waals surface area contributed by atoms with E-state index in [2.05, 4.69) is 0 Å². The first kappa shape index (κ1) is 30.4. The minimum Gasteiger partial charge on any atom is -0.505 e. The lowest BCUT2D eigenvalue weighted by Crippen LogP contribution is -2.64. The lowest BCUT2D eigenvalue weighted by Gasteiger charge is -2.63. The van der Waals surface area contributed by atoms with Gasteiger partial charge < -0.3 is 20.1 Å². The summed E-state index contributed by atoms with van der Waals surface area (Å²) in [7, 11) is 0. The van der Waals surface area contributed by atoms with E-state index in [0.29, 0.717) is 6.42 Å². The molecule has 0 unspecified atom stereocenters. The highest BCUT2D eigenvalue weighted by atomic mass is 16.6. The Bertz CT molecular complexity index is 1270. The molecule has 0 heterocycles. The summed E-state index contributed by atoms with van der Waals surface area (Å²) in [6.07, 6.45) is 5.89. The van der Waals surface area contributed by atoms with Crippen LogP contribution in [0.25, 0.3) is 0 Å². The van der Waals surface area contributed by atoms with Gasteiger partial charge in [-0.1, -0.05) is 32.4 Å². The van der Waals surface area contributed by atoms with E-state index in [4.69, 9.17) is 4.74 Å². The van der Waals surface area contributed by atoms with Crippen molar-refractivity contribution in [1.82, 2.24) is 0 Å². The molecule has 8 nitrogen and oxygen atoms in total. The summed E-state index contributed by atoms with van der Waals surface area (Å²) in [6.45, 7) is 15.3. The van der Waals surface area contributed by atoms with Gasteiger partial charge >= 0.3 is 5.97 Å². The van der Waals surface area contributed by atoms with Crippen LogP contribution < -0.4 is 0 Å². The lowest BCUT2D eigenvalue weighted by molar-refractivity contribution is -0.179. The van der Waals surface area contributed by atoms with Gasteiger partial charge in [-0.25, -0.2) is 0 Å². The summed E-state index contributed by atoms with van der Waals surface area (Å²) in [4.78, 5) is 52.0. The molecule has 4 aliphatic rings. The van der Waals surface area contributed by atoms with Gasteiger partial charge in [0, 0.05) is 30.6 Å². The molecule has 0 bridgehead atoms. The smallest absolute Gasteiger partial charge is 0.303 e. The van der Waals surface area contributed by atoms with Crippen LogP contribution in [0.2, 0.25) is 0 Å². The number of aliphatic hydroxyl groups excluding tert-OH is 2. The molecule has 40 heavy (non-hydrogen) atoms. The fourth-order valence-electron chi connectivity index (χ4n) is 8.98. The summed E-state index contributed by atoms with van der Waals surface area (Å²) in [5.41, 5.74) is -5.72. The SMILES string of the molecule is CC(=O)OC(C)(C)/C=C\C(=O)[C@](C)(O)[C@H]1[C@H](O)C[C@@]2(C)[C@@H]3CC=C4[C@@H](C=C(O)C(=O)C4(C)C)[C@]3(C)C(=O)C[C@]12C. The molecular formula is C32H44O8. The Morgan fingerprint density at radius 3 is 2.25 bits per heavy atom. The first-order valence-electron chi connectivity index (χ1n) is 14.1. The number of hydrogen-bond acceptors (Lipinski definition) is 8. The van der Waals surface area contributed by atoms with Crippen molar-refractivity contribution in [3.05, 3.63) is 35.6 Å². The van der Waals surface area contributed by atoms with Gasteiger partial charge in [0.25, 0.3) is 0 Å². The van der Waals surface area contributed by atoms with Crippen LogP contribution in [0.15, 0.2) is 35.6 Å². The molecule has 3 N–H and O–H groups in total. The molecule has 4 rings (SSSR count). The molecule has 0 aliphatic heterocycles. The fourth-order valence-corrected chi connectivity index (χ4v) is 8.98. The molecule has 4 aliphatic carbocycles. The van der Waals surface area contributed by atoms with E-state index in [0.717, 1.165) is 5.57 Å². The van der Waals surface area contributed by atoms with Crippen LogP contribution in [0.4, 0.5) is 0 Å². The third kappa shape index (κ3) is 4.00. The van der Waals surface area contributed by atoms with E-state index in [1.165, 1.54) is 32.1 Å². The summed E-state index contributed by atoms with van der Waals surface area (Å²) in [5, 5.41) is 33.8. The van der Waals surface area contributed by atoms with Crippen LogP contribution in [0.1, 0.15) is 81.6 Å². The molecule has 0 radical (unpaired) electrons. The van der Waals surface area contributed by atoms with Crippen LogP contribution in [-0.2, 0) is 23.9 Å². The summed E-state index contributed by atoms with van der Waals surface area (Å²) < 4.78 is 5.22. The van der Waals surface area contributed by atoms with Gasteiger partial charge in [0.05, 0.1) is 11.5 Å². The molecule has 0 amide bonds. The second-order valence-corrected chi connectivity index (χ2v) is 14.4. The maximum absolute atomic E-state index is 14.3. The number of allylic oxidation sites excluding steroid dienone is 4. The average Bonchev–Trinajstić information content (AvgIpc) is 3.01. The molecule has 8 heteroatoms. The highest BCUT2D eigenvalue weighted by Gasteiger charge is 2.74. The first-order valence-corrected chi connectivity index (χ1v) is 14.1. The highest BCUT2D eigenvalue weighted by Crippen LogP contribution is 2.73. The van der Waals surface area contributed by atoms with Gasteiger partial charge in [-0.2, -0.15) is 0 Å². The van der Waals surface area contributed by atoms with Crippen molar-refractivity contribution in [2.45, 2.75) is 98.9 Å². The zero-order chi connectivity index (χ0) is 30.4. The monoisotopic (exact) mass is 556 g/mol. The highest BCUT2D eigenvalue weighted by molar-refractivity contribution is 6.02. The molecule has 0 saturated heterocycles. The van der Waals surface area contributed by atoms with E-state index in [-0.39, 0.29) is 36.1 Å². The van der Waals surface area contributed by atoms with Crippen LogP contribution in [0.5, 0.6) is 0 Å². The van der Waals surface area contributed by atoms with Crippen molar-refractivity contribution in [3.8, 4) is 0 Å². The number of carbonyl (C=O) groups is 4. The topological polar surface area (TPSA) is 138 Å². The predicted molar refractivity (Wildman–Crippen MR) is 148 cm³/mol. The van der Waals surface area contributed by atoms with Crippen LogP contribution in [0, 0.1) is 39.4 Å². The third-order valence-electron chi connectivity index (χ3n) is 11.2. The number of fused-ring (bicyclic) bond motifs is 5. The minimum atomic E-state index is -2.00. The third-order valence-corrected chi connectivity index (χ3v) is 11.2. The van der Waals surface area contributed by atoms with Crippen LogP contribution in [0.3, 0.4) is 0 Å². The molecule has 220 valence electrons. The minimum absolute atomic E-state index is 0.0249. The van der Waals surface area contributed by atoms with E-state index in [1.807, 2.05) is 26.8 Å². The number of Topliss-reactive ketones (excluding diaryl/α,β-unsaturated/α-hetero) is 2. The maximum atomic E-state index is 14.3. The molecule has 0 aromatic rings. The van der Waals surface area contributed by atoms with Gasteiger partial charge in [-0.15, -0.1) is 0 Å². The number of carbonyl (C=O) groups excluding carboxylic acids is 4. The van der Waals surface area contributed by atoms with Crippen molar-refractivity contribution < 1.29 is 39.2 Å². The van der Waals surface area contributed by atoms with Gasteiger partial charge in [-0.3, -0.25) is 19.2 Å². The van der Waals surface area contributed by atoms with Crippen molar-refractivity contribution >= 4 is 23.3 Å². The molecule has 0 aromatic carbocycles. The van der Waals surface area contributed by atoms with Crippen molar-refractivity contribution in [2.24, 2.45) is 39.4 Å². The molecular weight excluding hydrogens is 512 g/mol. The second kappa shape index (κ2) is 8.96. The summed E-state index contributed by atoms with van der Waals surface area (Å²) in [5.74, 6) is -3.61. The Morgan fingerprint density at radius 1 is 1.07 bits per heavy atom. The van der Waals surface area contributed by atoms with E-state index >= 15 is 0 Å². The molecule has 2 fully saturated rings. The number of ether oxygens (including phenoxy) is 1. The maximum Gasteiger partial charge on any atom is 0.303 e. The Balaban J connectivity index is 1.76. The van der Waals surface area contributed by atoms with E-state index in [1.54, 1.807) is 27.7 Å². The molecule has 2 saturated carbocycles. The number of rotatable bonds is 5. The van der Waals surface area contributed by atoms with Crippen molar-refractivity contribution in [1.29, 1.82) is 0 Å². The standard InChI is InChI=1S/C32H44O8/c1-17(33)40-27(2,3)13-12-23(36)32(9,39)25-21(35)15-29(6)22-11-10-18-19(14-20(34)26(38)28(18,4)5)31(22,8)24(37)16-30(25,29)7/h10,12-14,19,21-22,25,34-35,39H,11,15-16H2,1-9H3/b13-12-/t19-,21-,22+,25+,29+,30-,31+,32+/m1/s1. The first-order chi connectivity index (χ1) is 18.1. The Labute approximate surface area is 236 Å². The van der Waals surface area contributed by atoms with Crippen LogP contribution in [-0.4, -0.2) is 55.9 Å². The normalized spacial score (nSPS) is 40.4. The van der Waals surface area contributed by atoms with Gasteiger partial charge in [0.15, 0.2) is 11.5 Å². The molecule has 0 spiro atoms. The zero-order valence-corrected chi connectivity index (χ0v) is 25.1. The molecule has 8 atom stereocenters. The van der Waals surface area contributed by atoms with Crippen molar-refractivity contribution in [3.63, 3.8) is 0 Å². The van der Waals surface area contributed by atoms with Crippen molar-refractivity contribution in [2.75, 3.05) is 0 Å². The Morgan fingerprint density at radius 2 is 1.68 bits per heavy atom. The number of hydrogen-bond donors (Lipinski definition) is 3. The lowest BCUT2D eigenvalue weighted by atomic mass is 9.39. The quantitative estimate of drug-likeness (QED) is 0.260. The number of ketones is 3. The number of esters is 1. The Kier molecular flexibility index (Phi) is 6.80. The van der Waals surface area contributed by atoms with E-state index < -0.39 is 62.6 Å². The number of aliphatic hydroxyl groups is 3. The van der Waals surface area contributed by atoms with Gasteiger partial charge in [0.1, 0.15) is 17.0 Å². The predicted octanol–water partition coefficient (Wildman–Crippen LogP) is 4.19. The van der Waals surface area contributed by atoms with E-state index in [9.17, 15) is 34.5 Å².